The summed E-state index contributed by atoms with van der Waals surface area (Å²) in [6.07, 6.45) is 0. The van der Waals surface area contributed by atoms with Crippen LogP contribution < -0.4 is 9.47 Å². The molecule has 0 saturated heterocycles. The minimum atomic E-state index is 0.817. The summed E-state index contributed by atoms with van der Waals surface area (Å²) in [5, 5.41) is 0. The summed E-state index contributed by atoms with van der Waals surface area (Å²) in [4.78, 5) is 0. The van der Waals surface area contributed by atoms with E-state index < -0.39 is 0 Å². The molecule has 0 bridgehead atoms. The summed E-state index contributed by atoms with van der Waals surface area (Å²) in [7, 11) is 1.69. The van der Waals surface area contributed by atoms with Gasteiger partial charge >= 0.3 is 0 Å². The van der Waals surface area contributed by atoms with E-state index in [9.17, 15) is 0 Å². The van der Waals surface area contributed by atoms with Gasteiger partial charge in [0.2, 0.25) is 0 Å². The molecule has 0 atom stereocenters. The third-order valence-electron chi connectivity index (χ3n) is 3.59. The Balaban J connectivity index is 2.00. The first kappa shape index (κ1) is 14.2. The third-order valence-corrected chi connectivity index (χ3v) is 3.59. The second-order valence-corrected chi connectivity index (χ2v) is 5.09. The first-order valence-electron chi connectivity index (χ1n) is 7.25. The quantitative estimate of drug-likeness (QED) is 0.635. The molecule has 0 aliphatic rings. The van der Waals surface area contributed by atoms with Gasteiger partial charge in [0, 0.05) is 5.56 Å². The largest absolute Gasteiger partial charge is 0.496 e. The van der Waals surface area contributed by atoms with E-state index in [2.05, 4.69) is 25.1 Å². The maximum absolute atomic E-state index is 5.93. The SMILES string of the molecule is COc1ccccc1-c1cc(Oc2ccccc2)ccc1C. The molecule has 22 heavy (non-hydrogen) atoms. The monoisotopic (exact) mass is 290 g/mol. The molecule has 0 heterocycles. The second kappa shape index (κ2) is 6.35. The molecule has 0 unspecified atom stereocenters. The molecule has 2 heteroatoms. The maximum atomic E-state index is 5.93. The van der Waals surface area contributed by atoms with Crippen LogP contribution in [0.3, 0.4) is 0 Å². The van der Waals surface area contributed by atoms with E-state index in [1.54, 1.807) is 7.11 Å². The van der Waals surface area contributed by atoms with Gasteiger partial charge in [-0.2, -0.15) is 0 Å². The van der Waals surface area contributed by atoms with Crippen LogP contribution in [0.2, 0.25) is 0 Å². The first-order valence-corrected chi connectivity index (χ1v) is 7.25. The van der Waals surface area contributed by atoms with E-state index in [0.29, 0.717) is 0 Å². The molecule has 0 radical (unpaired) electrons. The molecular formula is C20H18O2. The molecule has 0 spiro atoms. The predicted molar refractivity (Wildman–Crippen MR) is 89.7 cm³/mol. The Morgan fingerprint density at radius 3 is 2.18 bits per heavy atom. The van der Waals surface area contributed by atoms with Gasteiger partial charge in [0.1, 0.15) is 17.2 Å². The summed E-state index contributed by atoms with van der Waals surface area (Å²) in [6.45, 7) is 2.09. The van der Waals surface area contributed by atoms with Gasteiger partial charge in [-0.05, 0) is 48.4 Å². The number of rotatable bonds is 4. The third kappa shape index (κ3) is 2.96. The number of hydrogen-bond donors (Lipinski definition) is 0. The number of ether oxygens (including phenoxy) is 2. The fraction of sp³-hybridized carbons (Fsp3) is 0.100. The van der Waals surface area contributed by atoms with E-state index in [1.807, 2.05) is 54.6 Å². The molecule has 0 N–H and O–H groups in total. The summed E-state index contributed by atoms with van der Waals surface area (Å²) in [6, 6.07) is 23.9. The lowest BCUT2D eigenvalue weighted by molar-refractivity contribution is 0.416. The van der Waals surface area contributed by atoms with Crippen LogP contribution in [0.4, 0.5) is 0 Å². The van der Waals surface area contributed by atoms with E-state index in [-0.39, 0.29) is 0 Å². The van der Waals surface area contributed by atoms with Crippen LogP contribution in [0.5, 0.6) is 17.2 Å². The molecule has 0 aromatic heterocycles. The van der Waals surface area contributed by atoms with Crippen molar-refractivity contribution in [1.29, 1.82) is 0 Å². The summed E-state index contributed by atoms with van der Waals surface area (Å²) >= 11 is 0. The minimum Gasteiger partial charge on any atom is -0.496 e. The van der Waals surface area contributed by atoms with Crippen molar-refractivity contribution in [2.24, 2.45) is 0 Å². The van der Waals surface area contributed by atoms with Gasteiger partial charge < -0.3 is 9.47 Å². The van der Waals surface area contributed by atoms with Gasteiger partial charge in [0.05, 0.1) is 7.11 Å². The summed E-state index contributed by atoms with van der Waals surface area (Å²) < 4.78 is 11.4. The van der Waals surface area contributed by atoms with Gasteiger partial charge in [-0.1, -0.05) is 42.5 Å². The topological polar surface area (TPSA) is 18.5 Å². The van der Waals surface area contributed by atoms with Gasteiger partial charge in [0.15, 0.2) is 0 Å². The summed E-state index contributed by atoms with van der Waals surface area (Å²) in [5.41, 5.74) is 3.37. The van der Waals surface area contributed by atoms with Crippen LogP contribution in [-0.4, -0.2) is 7.11 Å². The van der Waals surface area contributed by atoms with E-state index in [4.69, 9.17) is 9.47 Å². The maximum Gasteiger partial charge on any atom is 0.128 e. The standard InChI is InChI=1S/C20H18O2/c1-15-12-13-17(22-16-8-4-3-5-9-16)14-19(15)18-10-6-7-11-20(18)21-2/h3-14H,1-2H3. The van der Waals surface area contributed by atoms with Gasteiger partial charge in [-0.25, -0.2) is 0 Å². The number of aryl methyl sites for hydroxylation is 1. The first-order chi connectivity index (χ1) is 10.8. The Morgan fingerprint density at radius 2 is 1.41 bits per heavy atom. The molecule has 0 amide bonds. The van der Waals surface area contributed by atoms with Crippen molar-refractivity contribution in [1.82, 2.24) is 0 Å². The number of methoxy groups -OCH3 is 1. The van der Waals surface area contributed by atoms with E-state index >= 15 is 0 Å². The van der Waals surface area contributed by atoms with Crippen molar-refractivity contribution in [3.63, 3.8) is 0 Å². The molecule has 110 valence electrons. The normalized spacial score (nSPS) is 10.3. The highest BCUT2D eigenvalue weighted by atomic mass is 16.5. The Morgan fingerprint density at radius 1 is 0.682 bits per heavy atom. The Bertz CT molecular complexity index is 764. The molecule has 0 saturated carbocycles. The molecule has 2 nitrogen and oxygen atoms in total. The Hall–Kier alpha value is -2.74. The van der Waals surface area contributed by atoms with E-state index in [0.717, 1.165) is 28.4 Å². The lowest BCUT2D eigenvalue weighted by Crippen LogP contribution is -1.91. The number of para-hydroxylation sites is 2. The number of hydrogen-bond acceptors (Lipinski definition) is 2. The lowest BCUT2D eigenvalue weighted by atomic mass is 9.99. The number of benzene rings is 3. The van der Waals surface area contributed by atoms with Gasteiger partial charge in [-0.3, -0.25) is 0 Å². The molecule has 3 aromatic rings. The predicted octanol–water partition coefficient (Wildman–Crippen LogP) is 5.46. The fourth-order valence-corrected chi connectivity index (χ4v) is 2.45. The lowest BCUT2D eigenvalue weighted by Gasteiger charge is -2.13. The van der Waals surface area contributed by atoms with Gasteiger partial charge in [0.25, 0.3) is 0 Å². The van der Waals surface area contributed by atoms with Crippen LogP contribution in [0.15, 0.2) is 72.8 Å². The zero-order valence-electron chi connectivity index (χ0n) is 12.7. The van der Waals surface area contributed by atoms with Gasteiger partial charge in [-0.15, -0.1) is 0 Å². The highest BCUT2D eigenvalue weighted by molar-refractivity contribution is 5.74. The molecule has 3 rings (SSSR count). The Labute approximate surface area is 131 Å². The zero-order valence-corrected chi connectivity index (χ0v) is 12.7. The molecule has 0 aliphatic heterocycles. The summed E-state index contributed by atoms with van der Waals surface area (Å²) in [5.74, 6) is 2.51. The average Bonchev–Trinajstić information content (AvgIpc) is 2.57. The molecule has 0 fully saturated rings. The van der Waals surface area contributed by atoms with Crippen molar-refractivity contribution >= 4 is 0 Å². The van der Waals surface area contributed by atoms with Crippen LogP contribution in [0.25, 0.3) is 11.1 Å². The smallest absolute Gasteiger partial charge is 0.128 e. The fourth-order valence-electron chi connectivity index (χ4n) is 2.45. The Kier molecular flexibility index (Phi) is 4.10. The van der Waals surface area contributed by atoms with Crippen LogP contribution in [0.1, 0.15) is 5.56 Å². The van der Waals surface area contributed by atoms with E-state index in [1.165, 1.54) is 5.56 Å². The molecular weight excluding hydrogens is 272 g/mol. The molecule has 0 aliphatic carbocycles. The van der Waals surface area contributed by atoms with Crippen LogP contribution >= 0.6 is 0 Å². The minimum absolute atomic E-state index is 0.817. The highest BCUT2D eigenvalue weighted by Crippen LogP contribution is 2.35. The van der Waals surface area contributed by atoms with Crippen molar-refractivity contribution in [2.75, 3.05) is 7.11 Å². The highest BCUT2D eigenvalue weighted by Gasteiger charge is 2.09. The van der Waals surface area contributed by atoms with Crippen molar-refractivity contribution in [3.05, 3.63) is 78.4 Å². The van der Waals surface area contributed by atoms with Crippen molar-refractivity contribution in [2.45, 2.75) is 6.92 Å². The second-order valence-electron chi connectivity index (χ2n) is 5.09. The van der Waals surface area contributed by atoms with Crippen LogP contribution in [0, 0.1) is 6.92 Å². The van der Waals surface area contributed by atoms with Crippen LogP contribution in [-0.2, 0) is 0 Å². The van der Waals surface area contributed by atoms with Crippen molar-refractivity contribution < 1.29 is 9.47 Å². The average molecular weight is 290 g/mol. The zero-order chi connectivity index (χ0) is 15.4. The van der Waals surface area contributed by atoms with Crippen molar-refractivity contribution in [3.8, 4) is 28.4 Å². The molecule has 3 aromatic carbocycles.